The Bertz CT molecular complexity index is 900. The average Bonchev–Trinajstić information content (AvgIpc) is 2.83. The minimum absolute atomic E-state index is 0.205. The first-order chi connectivity index (χ1) is 17.0. The van der Waals surface area contributed by atoms with Gasteiger partial charge in [-0.3, -0.25) is 19.2 Å². The third-order valence-corrected chi connectivity index (χ3v) is 6.34. The fraction of sp³-hybridized carbons (Fsp3) is 0.542. The van der Waals surface area contributed by atoms with E-state index in [1.165, 1.54) is 11.8 Å². The molecule has 12 heteroatoms. The van der Waals surface area contributed by atoms with Crippen molar-refractivity contribution in [1.29, 1.82) is 0 Å². The predicted molar refractivity (Wildman–Crippen MR) is 138 cm³/mol. The lowest BCUT2D eigenvalue weighted by Crippen LogP contribution is -2.58. The van der Waals surface area contributed by atoms with Crippen molar-refractivity contribution in [2.45, 2.75) is 63.7 Å². The van der Waals surface area contributed by atoms with Crippen molar-refractivity contribution in [3.05, 3.63) is 35.9 Å². The van der Waals surface area contributed by atoms with E-state index < -0.39 is 60.2 Å². The van der Waals surface area contributed by atoms with Gasteiger partial charge >= 0.3 is 5.97 Å². The summed E-state index contributed by atoms with van der Waals surface area (Å²) in [5, 5.41) is 17.0. The van der Waals surface area contributed by atoms with Gasteiger partial charge in [-0.1, -0.05) is 50.6 Å². The van der Waals surface area contributed by atoms with Crippen LogP contribution >= 0.6 is 11.8 Å². The summed E-state index contributed by atoms with van der Waals surface area (Å²) in [7, 11) is 0. The molecule has 0 heterocycles. The Kier molecular flexibility index (Phi) is 13.6. The van der Waals surface area contributed by atoms with Crippen LogP contribution in [-0.2, 0) is 30.4 Å². The molecule has 0 aliphatic heterocycles. The van der Waals surface area contributed by atoms with Gasteiger partial charge in [-0.05, 0) is 36.3 Å². The van der Waals surface area contributed by atoms with Gasteiger partial charge in [-0.25, -0.2) is 4.79 Å². The van der Waals surface area contributed by atoms with E-state index in [1.54, 1.807) is 38.1 Å². The second-order valence-corrected chi connectivity index (χ2v) is 9.57. The number of hydrogen-bond donors (Lipinski definition) is 6. The predicted octanol–water partition coefficient (Wildman–Crippen LogP) is -0.230. The summed E-state index contributed by atoms with van der Waals surface area (Å²) in [6, 6.07) is 4.49. The fourth-order valence-corrected chi connectivity index (χ4v) is 3.84. The molecular weight excluding hydrogens is 486 g/mol. The van der Waals surface area contributed by atoms with Crippen LogP contribution in [-0.4, -0.2) is 70.9 Å². The molecule has 36 heavy (non-hydrogen) atoms. The molecule has 1 aromatic rings. The Morgan fingerprint density at radius 3 is 2.08 bits per heavy atom. The summed E-state index contributed by atoms with van der Waals surface area (Å²) in [6.07, 6.45) is 2.26. The smallest absolute Gasteiger partial charge is 0.326 e. The molecular formula is C24H37N5O6S. The number of carboxylic acids is 1. The molecule has 8 N–H and O–H groups in total. The third kappa shape index (κ3) is 10.6. The Labute approximate surface area is 215 Å². The van der Waals surface area contributed by atoms with Crippen LogP contribution in [0.2, 0.25) is 0 Å². The van der Waals surface area contributed by atoms with Crippen LogP contribution in [0.1, 0.15) is 38.7 Å². The summed E-state index contributed by atoms with van der Waals surface area (Å²) in [4.78, 5) is 61.8. The van der Waals surface area contributed by atoms with E-state index in [1.807, 2.05) is 12.3 Å². The molecule has 0 bridgehead atoms. The number of carbonyl (C=O) groups excluding carboxylic acids is 4. The van der Waals surface area contributed by atoms with Crippen LogP contribution < -0.4 is 27.4 Å². The van der Waals surface area contributed by atoms with Gasteiger partial charge in [0.2, 0.25) is 23.6 Å². The Balaban J connectivity index is 2.97. The normalized spacial score (nSPS) is 15.0. The van der Waals surface area contributed by atoms with Crippen LogP contribution in [0.3, 0.4) is 0 Å². The lowest BCUT2D eigenvalue weighted by molar-refractivity contribution is -0.144. The third-order valence-electron chi connectivity index (χ3n) is 5.69. The SMILES string of the molecule is CCC(C)C(NC(=O)C(CCSC)NC(=O)C(CC(N)=O)NC(=O)C(N)Cc1ccccc1)C(=O)O. The number of thioether (sulfide) groups is 1. The van der Waals surface area contributed by atoms with E-state index in [2.05, 4.69) is 16.0 Å². The quantitative estimate of drug-likeness (QED) is 0.171. The van der Waals surface area contributed by atoms with Crippen LogP contribution in [0, 0.1) is 5.92 Å². The number of carbonyl (C=O) groups is 5. The summed E-state index contributed by atoms with van der Waals surface area (Å²) in [5.41, 5.74) is 12.1. The molecule has 0 aromatic heterocycles. The summed E-state index contributed by atoms with van der Waals surface area (Å²) >= 11 is 1.44. The molecule has 0 aliphatic carbocycles. The molecule has 0 saturated carbocycles. The van der Waals surface area contributed by atoms with E-state index in [9.17, 15) is 29.1 Å². The molecule has 1 rings (SSSR count). The number of nitrogens with two attached hydrogens (primary N) is 2. The van der Waals surface area contributed by atoms with Crippen LogP contribution in [0.25, 0.3) is 0 Å². The Morgan fingerprint density at radius 1 is 0.972 bits per heavy atom. The van der Waals surface area contributed by atoms with Gasteiger partial charge in [0.1, 0.15) is 18.1 Å². The van der Waals surface area contributed by atoms with Gasteiger partial charge in [0.15, 0.2) is 0 Å². The first-order valence-corrected chi connectivity index (χ1v) is 13.1. The minimum Gasteiger partial charge on any atom is -0.480 e. The fourth-order valence-electron chi connectivity index (χ4n) is 3.36. The largest absolute Gasteiger partial charge is 0.480 e. The standard InChI is InChI=1S/C24H37N5O6S/c1-4-14(2)20(24(34)35)29-22(32)17(10-11-36-3)27-23(33)18(13-19(26)30)28-21(31)16(25)12-15-8-6-5-7-9-15/h5-9,14,16-18,20H,4,10-13,25H2,1-3H3,(H2,26,30)(H,27,33)(H,28,31)(H,29,32)(H,34,35). The van der Waals surface area contributed by atoms with Crippen molar-refractivity contribution < 1.29 is 29.1 Å². The van der Waals surface area contributed by atoms with Gasteiger partial charge < -0.3 is 32.5 Å². The van der Waals surface area contributed by atoms with Crippen molar-refractivity contribution in [3.63, 3.8) is 0 Å². The van der Waals surface area contributed by atoms with Gasteiger partial charge in [-0.15, -0.1) is 0 Å². The summed E-state index contributed by atoms with van der Waals surface area (Å²) < 4.78 is 0. The Hall–Kier alpha value is -3.12. The van der Waals surface area contributed by atoms with Gasteiger partial charge in [0.25, 0.3) is 0 Å². The maximum atomic E-state index is 13.0. The number of amides is 4. The molecule has 0 fully saturated rings. The van der Waals surface area contributed by atoms with Crippen molar-refractivity contribution in [1.82, 2.24) is 16.0 Å². The maximum absolute atomic E-state index is 13.0. The first kappa shape index (κ1) is 30.9. The highest BCUT2D eigenvalue weighted by Gasteiger charge is 2.32. The van der Waals surface area contributed by atoms with Gasteiger partial charge in [-0.2, -0.15) is 11.8 Å². The highest BCUT2D eigenvalue weighted by molar-refractivity contribution is 7.98. The van der Waals surface area contributed by atoms with Gasteiger partial charge in [0.05, 0.1) is 12.5 Å². The highest BCUT2D eigenvalue weighted by atomic mass is 32.2. The molecule has 200 valence electrons. The number of benzene rings is 1. The molecule has 0 saturated heterocycles. The zero-order chi connectivity index (χ0) is 27.3. The number of hydrogen-bond acceptors (Lipinski definition) is 7. The topological polar surface area (TPSA) is 194 Å². The molecule has 11 nitrogen and oxygen atoms in total. The van der Waals surface area contributed by atoms with E-state index in [-0.39, 0.29) is 18.8 Å². The molecule has 0 aliphatic rings. The number of carboxylic acid groups (broad SMARTS) is 1. The van der Waals surface area contributed by atoms with Gasteiger partial charge in [0, 0.05) is 0 Å². The first-order valence-electron chi connectivity index (χ1n) is 11.7. The number of aliphatic carboxylic acids is 1. The second-order valence-electron chi connectivity index (χ2n) is 8.58. The van der Waals surface area contributed by atoms with Crippen LogP contribution in [0.15, 0.2) is 30.3 Å². The number of primary amides is 1. The van der Waals surface area contributed by atoms with Crippen LogP contribution in [0.5, 0.6) is 0 Å². The van der Waals surface area contributed by atoms with E-state index >= 15 is 0 Å². The second kappa shape index (κ2) is 15.8. The lowest BCUT2D eigenvalue weighted by atomic mass is 9.98. The molecule has 5 unspecified atom stereocenters. The summed E-state index contributed by atoms with van der Waals surface area (Å²) in [5.74, 6) is -3.99. The van der Waals surface area contributed by atoms with Crippen LogP contribution in [0.4, 0.5) is 0 Å². The summed E-state index contributed by atoms with van der Waals surface area (Å²) in [6.45, 7) is 3.50. The Morgan fingerprint density at radius 2 is 1.56 bits per heavy atom. The van der Waals surface area contributed by atoms with Crippen molar-refractivity contribution in [2.24, 2.45) is 17.4 Å². The molecule has 0 spiro atoms. The minimum atomic E-state index is -1.36. The maximum Gasteiger partial charge on any atom is 0.326 e. The van der Waals surface area contributed by atoms with Crippen molar-refractivity contribution in [2.75, 3.05) is 12.0 Å². The molecule has 0 radical (unpaired) electrons. The number of nitrogens with one attached hydrogen (secondary N) is 3. The highest BCUT2D eigenvalue weighted by Crippen LogP contribution is 2.10. The van der Waals surface area contributed by atoms with Crippen molar-refractivity contribution in [3.8, 4) is 0 Å². The average molecular weight is 524 g/mol. The van der Waals surface area contributed by atoms with Crippen molar-refractivity contribution >= 4 is 41.4 Å². The zero-order valence-electron chi connectivity index (χ0n) is 20.9. The van der Waals surface area contributed by atoms with E-state index in [4.69, 9.17) is 11.5 Å². The van der Waals surface area contributed by atoms with E-state index in [0.29, 0.717) is 12.2 Å². The lowest BCUT2D eigenvalue weighted by Gasteiger charge is -2.26. The molecule has 4 amide bonds. The monoisotopic (exact) mass is 523 g/mol. The number of rotatable bonds is 16. The zero-order valence-corrected chi connectivity index (χ0v) is 21.7. The van der Waals surface area contributed by atoms with E-state index in [0.717, 1.165) is 5.56 Å². The molecule has 1 aromatic carbocycles. The molecule has 5 atom stereocenters.